The fourth-order valence-electron chi connectivity index (χ4n) is 1.55. The van der Waals surface area contributed by atoms with E-state index in [1.165, 1.54) is 7.11 Å². The second kappa shape index (κ2) is 6.95. The van der Waals surface area contributed by atoms with Crippen LogP contribution in [0.2, 0.25) is 0 Å². The van der Waals surface area contributed by atoms with Gasteiger partial charge in [0, 0.05) is 11.4 Å². The maximum absolute atomic E-state index is 11.7. The predicted octanol–water partition coefficient (Wildman–Crippen LogP) is 3.48. The van der Waals surface area contributed by atoms with Crippen LogP contribution in [-0.4, -0.2) is 19.3 Å². The molecule has 0 heterocycles. The first-order valence-corrected chi connectivity index (χ1v) is 6.16. The molecule has 0 fully saturated rings. The van der Waals surface area contributed by atoms with E-state index < -0.39 is 12.2 Å². The van der Waals surface area contributed by atoms with Gasteiger partial charge in [0.1, 0.15) is 5.75 Å². The third kappa shape index (κ3) is 4.54. The fourth-order valence-corrected chi connectivity index (χ4v) is 1.55. The van der Waals surface area contributed by atoms with Crippen LogP contribution in [0.15, 0.2) is 54.6 Å². The lowest BCUT2D eigenvalue weighted by molar-refractivity contribution is 0.187. The summed E-state index contributed by atoms with van der Waals surface area (Å²) in [6.45, 7) is 0. The lowest BCUT2D eigenvalue weighted by Gasteiger charge is -2.07. The smallest absolute Gasteiger partial charge is 0.417 e. The Morgan fingerprint density at radius 1 is 0.810 bits per heavy atom. The Hall–Kier alpha value is -3.02. The van der Waals surface area contributed by atoms with Crippen LogP contribution in [0.4, 0.5) is 21.0 Å². The summed E-state index contributed by atoms with van der Waals surface area (Å²) in [5.74, 6) is 0.360. The number of hydrogen-bond donors (Lipinski definition) is 2. The summed E-state index contributed by atoms with van der Waals surface area (Å²) >= 11 is 0. The minimum absolute atomic E-state index is 0.360. The summed E-state index contributed by atoms with van der Waals surface area (Å²) in [6.07, 6.45) is -1.15. The summed E-state index contributed by atoms with van der Waals surface area (Å²) < 4.78 is 9.58. The zero-order valence-corrected chi connectivity index (χ0v) is 11.3. The van der Waals surface area contributed by atoms with E-state index in [0.717, 1.165) is 0 Å². The number of carbonyl (C=O) groups excluding carboxylic acids is 2. The Balaban J connectivity index is 1.91. The van der Waals surface area contributed by atoms with Crippen molar-refractivity contribution in [3.63, 3.8) is 0 Å². The molecule has 0 bridgehead atoms. The Labute approximate surface area is 121 Å². The molecular formula is C15H14N2O4. The van der Waals surface area contributed by atoms with Gasteiger partial charge in [-0.25, -0.2) is 9.59 Å². The number of ether oxygens (including phenoxy) is 2. The maximum Gasteiger partial charge on any atom is 0.417 e. The molecule has 2 aromatic carbocycles. The van der Waals surface area contributed by atoms with Crippen LogP contribution in [0.5, 0.6) is 5.75 Å². The van der Waals surface area contributed by atoms with Crippen molar-refractivity contribution < 1.29 is 19.1 Å². The molecule has 0 aliphatic heterocycles. The van der Waals surface area contributed by atoms with E-state index in [1.807, 2.05) is 18.2 Å². The van der Waals surface area contributed by atoms with Gasteiger partial charge in [-0.3, -0.25) is 10.6 Å². The number of amides is 2. The van der Waals surface area contributed by atoms with E-state index in [9.17, 15) is 9.59 Å². The molecule has 0 atom stereocenters. The van der Waals surface area contributed by atoms with Gasteiger partial charge in [-0.05, 0) is 36.4 Å². The molecule has 6 nitrogen and oxygen atoms in total. The maximum atomic E-state index is 11.7. The summed E-state index contributed by atoms with van der Waals surface area (Å²) in [5.41, 5.74) is 1.18. The molecule has 0 aliphatic rings. The van der Waals surface area contributed by atoms with Crippen LogP contribution in [0.1, 0.15) is 0 Å². The highest BCUT2D eigenvalue weighted by Crippen LogP contribution is 2.16. The second-order valence-electron chi connectivity index (χ2n) is 4.02. The summed E-state index contributed by atoms with van der Waals surface area (Å²) in [6, 6.07) is 15.3. The molecule has 0 radical (unpaired) electrons. The average molecular weight is 286 g/mol. The van der Waals surface area contributed by atoms with Gasteiger partial charge in [0.25, 0.3) is 0 Å². The normalized spacial score (nSPS) is 9.57. The van der Waals surface area contributed by atoms with Crippen molar-refractivity contribution >= 4 is 23.6 Å². The van der Waals surface area contributed by atoms with E-state index in [-0.39, 0.29) is 0 Å². The molecule has 0 unspecified atom stereocenters. The van der Waals surface area contributed by atoms with Crippen LogP contribution in [0.25, 0.3) is 0 Å². The van der Waals surface area contributed by atoms with Crippen molar-refractivity contribution in [2.75, 3.05) is 17.7 Å². The average Bonchev–Trinajstić information content (AvgIpc) is 2.50. The second-order valence-corrected chi connectivity index (χ2v) is 4.02. The molecule has 6 heteroatoms. The Bertz CT molecular complexity index is 611. The topological polar surface area (TPSA) is 76.7 Å². The number of carbonyl (C=O) groups is 2. The van der Waals surface area contributed by atoms with E-state index in [4.69, 9.17) is 4.74 Å². The number of rotatable bonds is 3. The van der Waals surface area contributed by atoms with E-state index in [1.54, 1.807) is 36.4 Å². The summed E-state index contributed by atoms with van der Waals surface area (Å²) in [7, 11) is 1.28. The zero-order chi connectivity index (χ0) is 15.1. The lowest BCUT2D eigenvalue weighted by atomic mass is 10.3. The molecule has 2 aromatic rings. The number of benzene rings is 2. The van der Waals surface area contributed by atoms with Crippen LogP contribution in [-0.2, 0) is 4.74 Å². The highest BCUT2D eigenvalue weighted by atomic mass is 16.6. The fraction of sp³-hybridized carbons (Fsp3) is 0.0667. The third-order valence-electron chi connectivity index (χ3n) is 2.52. The van der Waals surface area contributed by atoms with Gasteiger partial charge in [-0.1, -0.05) is 18.2 Å². The van der Waals surface area contributed by atoms with Crippen molar-refractivity contribution in [2.24, 2.45) is 0 Å². The van der Waals surface area contributed by atoms with Gasteiger partial charge >= 0.3 is 12.2 Å². The number of nitrogens with one attached hydrogen (secondary N) is 2. The quantitative estimate of drug-likeness (QED) is 0.905. The molecule has 0 saturated heterocycles. The molecule has 0 aliphatic carbocycles. The van der Waals surface area contributed by atoms with Crippen molar-refractivity contribution in [3.8, 4) is 5.75 Å². The molecular weight excluding hydrogens is 272 g/mol. The van der Waals surface area contributed by atoms with Crippen LogP contribution in [0.3, 0.4) is 0 Å². The zero-order valence-electron chi connectivity index (χ0n) is 11.3. The standard InChI is InChI=1S/C15H14N2O4/c1-20-14(18)16-12-7-9-13(10-8-12)21-15(19)17-11-5-3-2-4-6-11/h2-10H,1H3,(H,16,18)(H,17,19). The Morgan fingerprint density at radius 2 is 1.38 bits per heavy atom. The van der Waals surface area contributed by atoms with Crippen molar-refractivity contribution in [3.05, 3.63) is 54.6 Å². The largest absolute Gasteiger partial charge is 0.453 e. The molecule has 0 saturated carbocycles. The molecule has 108 valence electrons. The SMILES string of the molecule is COC(=O)Nc1ccc(OC(=O)Nc2ccccc2)cc1. The molecule has 2 N–H and O–H groups in total. The summed E-state index contributed by atoms with van der Waals surface area (Å²) in [4.78, 5) is 22.7. The highest BCUT2D eigenvalue weighted by molar-refractivity contribution is 5.87. The van der Waals surface area contributed by atoms with Crippen LogP contribution in [0, 0.1) is 0 Å². The predicted molar refractivity (Wildman–Crippen MR) is 78.6 cm³/mol. The van der Waals surface area contributed by atoms with E-state index in [2.05, 4.69) is 15.4 Å². The number of hydrogen-bond acceptors (Lipinski definition) is 4. The van der Waals surface area contributed by atoms with Crippen molar-refractivity contribution in [1.82, 2.24) is 0 Å². The first-order valence-electron chi connectivity index (χ1n) is 6.16. The van der Waals surface area contributed by atoms with Crippen LogP contribution < -0.4 is 15.4 Å². The monoisotopic (exact) mass is 286 g/mol. The molecule has 0 aromatic heterocycles. The van der Waals surface area contributed by atoms with Crippen LogP contribution >= 0.6 is 0 Å². The van der Waals surface area contributed by atoms with Gasteiger partial charge < -0.3 is 9.47 Å². The van der Waals surface area contributed by atoms with E-state index in [0.29, 0.717) is 17.1 Å². The molecule has 21 heavy (non-hydrogen) atoms. The van der Waals surface area contributed by atoms with Crippen molar-refractivity contribution in [2.45, 2.75) is 0 Å². The van der Waals surface area contributed by atoms with E-state index >= 15 is 0 Å². The Kier molecular flexibility index (Phi) is 4.76. The lowest BCUT2D eigenvalue weighted by Crippen LogP contribution is -2.16. The van der Waals surface area contributed by atoms with Gasteiger partial charge in [0.2, 0.25) is 0 Å². The minimum atomic E-state index is -0.588. The number of para-hydroxylation sites is 1. The third-order valence-corrected chi connectivity index (χ3v) is 2.52. The number of methoxy groups -OCH3 is 1. The molecule has 2 rings (SSSR count). The molecule has 0 spiro atoms. The van der Waals surface area contributed by atoms with Gasteiger partial charge in [-0.2, -0.15) is 0 Å². The number of anilines is 2. The van der Waals surface area contributed by atoms with Gasteiger partial charge in [0.05, 0.1) is 7.11 Å². The molecule has 2 amide bonds. The summed E-state index contributed by atoms with van der Waals surface area (Å²) in [5, 5.41) is 5.09. The Morgan fingerprint density at radius 3 is 2.00 bits per heavy atom. The highest BCUT2D eigenvalue weighted by Gasteiger charge is 2.05. The first-order chi connectivity index (χ1) is 10.2. The minimum Gasteiger partial charge on any atom is -0.453 e. The first kappa shape index (κ1) is 14.4. The van der Waals surface area contributed by atoms with Gasteiger partial charge in [0.15, 0.2) is 0 Å². The van der Waals surface area contributed by atoms with Gasteiger partial charge in [-0.15, -0.1) is 0 Å². The van der Waals surface area contributed by atoms with Crippen molar-refractivity contribution in [1.29, 1.82) is 0 Å².